The van der Waals surface area contributed by atoms with Crippen molar-refractivity contribution in [1.29, 1.82) is 0 Å². The van der Waals surface area contributed by atoms with Gasteiger partial charge < -0.3 is 9.84 Å². The average molecular weight is 382 g/mol. The number of hydrogen-bond acceptors (Lipinski definition) is 4. The quantitative estimate of drug-likeness (QED) is 0.729. The first-order valence-corrected chi connectivity index (χ1v) is 9.49. The molecule has 6 nitrogen and oxygen atoms in total. The minimum Gasteiger partial charge on any atom is -0.350 e. The van der Waals surface area contributed by atoms with Crippen LogP contribution in [-0.4, -0.2) is 27.4 Å². The van der Waals surface area contributed by atoms with E-state index in [1.807, 2.05) is 26.1 Å². The Labute approximate surface area is 162 Å². The molecule has 28 heavy (non-hydrogen) atoms. The molecule has 1 fully saturated rings. The van der Waals surface area contributed by atoms with Crippen LogP contribution in [0, 0.1) is 12.7 Å². The molecule has 1 aliphatic rings. The van der Waals surface area contributed by atoms with Gasteiger partial charge in [-0.3, -0.25) is 9.48 Å². The lowest BCUT2D eigenvalue weighted by atomic mass is 9.78. The van der Waals surface area contributed by atoms with Gasteiger partial charge in [-0.2, -0.15) is 5.10 Å². The van der Waals surface area contributed by atoms with Crippen LogP contribution in [0.2, 0.25) is 0 Å². The van der Waals surface area contributed by atoms with Crippen LogP contribution in [0.1, 0.15) is 47.5 Å². The first-order chi connectivity index (χ1) is 13.5. The maximum atomic E-state index is 14.4. The minimum atomic E-state index is -0.371. The SMILES string of the molecule is Cc1c(-c2cc(C(=O)NCC3(c4ccccc4F)CCCC3)on2)cnn1C. The molecule has 2 heterocycles. The average Bonchev–Trinajstić information content (AvgIpc) is 3.42. The Bertz CT molecular complexity index is 1000. The van der Waals surface area contributed by atoms with Gasteiger partial charge in [-0.25, -0.2) is 4.39 Å². The molecule has 0 spiro atoms. The second-order valence-corrected chi connectivity index (χ2v) is 7.49. The Morgan fingerprint density at radius 2 is 2.07 bits per heavy atom. The lowest BCUT2D eigenvalue weighted by Crippen LogP contribution is -2.39. The zero-order valence-corrected chi connectivity index (χ0v) is 16.0. The molecule has 1 saturated carbocycles. The van der Waals surface area contributed by atoms with Crippen LogP contribution in [0.25, 0.3) is 11.3 Å². The number of benzene rings is 1. The van der Waals surface area contributed by atoms with Crippen LogP contribution in [0.15, 0.2) is 41.1 Å². The van der Waals surface area contributed by atoms with Crippen molar-refractivity contribution >= 4 is 5.91 Å². The number of hydrogen-bond donors (Lipinski definition) is 1. The number of carbonyl (C=O) groups excluding carboxylic acids is 1. The molecule has 4 rings (SSSR count). The summed E-state index contributed by atoms with van der Waals surface area (Å²) in [6.07, 6.45) is 5.45. The summed E-state index contributed by atoms with van der Waals surface area (Å²) in [6.45, 7) is 2.30. The van der Waals surface area contributed by atoms with Gasteiger partial charge in [-0.15, -0.1) is 0 Å². The van der Waals surface area contributed by atoms with Gasteiger partial charge >= 0.3 is 0 Å². The molecule has 0 aliphatic heterocycles. The van der Waals surface area contributed by atoms with Gasteiger partial charge in [0.25, 0.3) is 5.91 Å². The van der Waals surface area contributed by atoms with E-state index in [0.29, 0.717) is 17.8 Å². The summed E-state index contributed by atoms with van der Waals surface area (Å²) in [5, 5.41) is 11.1. The van der Waals surface area contributed by atoms with Crippen molar-refractivity contribution in [2.45, 2.75) is 38.0 Å². The van der Waals surface area contributed by atoms with Crippen molar-refractivity contribution in [3.63, 3.8) is 0 Å². The van der Waals surface area contributed by atoms with Gasteiger partial charge in [0.1, 0.15) is 11.5 Å². The number of aryl methyl sites for hydroxylation is 1. The van der Waals surface area contributed by atoms with Crippen LogP contribution in [0.5, 0.6) is 0 Å². The summed E-state index contributed by atoms with van der Waals surface area (Å²) in [5.74, 6) is -0.421. The summed E-state index contributed by atoms with van der Waals surface area (Å²) in [5.41, 5.74) is 2.63. The number of nitrogens with one attached hydrogen (secondary N) is 1. The van der Waals surface area contributed by atoms with E-state index in [1.54, 1.807) is 23.0 Å². The predicted octanol–water partition coefficient (Wildman–Crippen LogP) is 3.76. The van der Waals surface area contributed by atoms with E-state index in [0.717, 1.165) is 36.9 Å². The van der Waals surface area contributed by atoms with E-state index < -0.39 is 0 Å². The van der Waals surface area contributed by atoms with Crippen molar-refractivity contribution in [3.8, 4) is 11.3 Å². The number of halogens is 1. The summed E-state index contributed by atoms with van der Waals surface area (Å²) in [7, 11) is 1.84. The van der Waals surface area contributed by atoms with Gasteiger partial charge in [0.2, 0.25) is 5.76 Å². The first-order valence-electron chi connectivity index (χ1n) is 9.49. The Hall–Kier alpha value is -2.96. The molecule has 2 aromatic heterocycles. The maximum absolute atomic E-state index is 14.4. The summed E-state index contributed by atoms with van der Waals surface area (Å²) >= 11 is 0. The van der Waals surface area contributed by atoms with E-state index >= 15 is 0 Å². The summed E-state index contributed by atoms with van der Waals surface area (Å²) in [6, 6.07) is 8.46. The molecule has 0 atom stereocenters. The van der Waals surface area contributed by atoms with Gasteiger partial charge in [0.15, 0.2) is 0 Å². The molecule has 146 valence electrons. The molecule has 0 bridgehead atoms. The molecule has 7 heteroatoms. The van der Waals surface area contributed by atoms with Crippen LogP contribution in [0.3, 0.4) is 0 Å². The van der Waals surface area contributed by atoms with E-state index in [2.05, 4.69) is 15.6 Å². The molecular weight excluding hydrogens is 359 g/mol. The Kier molecular flexibility index (Phi) is 4.75. The topological polar surface area (TPSA) is 73.0 Å². The zero-order valence-electron chi connectivity index (χ0n) is 16.0. The fourth-order valence-corrected chi connectivity index (χ4v) is 4.08. The molecule has 3 aromatic rings. The molecule has 1 aromatic carbocycles. The third-order valence-corrected chi connectivity index (χ3v) is 5.84. The monoisotopic (exact) mass is 382 g/mol. The summed E-state index contributed by atoms with van der Waals surface area (Å²) in [4.78, 5) is 12.6. The molecule has 1 N–H and O–H groups in total. The van der Waals surface area contributed by atoms with Crippen LogP contribution in [-0.2, 0) is 12.5 Å². The van der Waals surface area contributed by atoms with E-state index in [4.69, 9.17) is 4.52 Å². The molecule has 1 amide bonds. The lowest BCUT2D eigenvalue weighted by molar-refractivity contribution is 0.0905. The standard InChI is InChI=1S/C21H23FN4O2/c1-14-15(12-24-26(14)2)18-11-19(28-25-18)20(27)23-13-21(9-5-6-10-21)16-7-3-4-8-17(16)22/h3-4,7-8,11-12H,5-6,9-10,13H2,1-2H3,(H,23,27). The van der Waals surface area contributed by atoms with Crippen LogP contribution in [0.4, 0.5) is 4.39 Å². The molecular formula is C21H23FN4O2. The van der Waals surface area contributed by atoms with Crippen LogP contribution >= 0.6 is 0 Å². The molecule has 0 radical (unpaired) electrons. The van der Waals surface area contributed by atoms with Gasteiger partial charge in [0.05, 0.1) is 6.20 Å². The maximum Gasteiger partial charge on any atom is 0.289 e. The van der Waals surface area contributed by atoms with Crippen molar-refractivity contribution in [3.05, 3.63) is 59.4 Å². The van der Waals surface area contributed by atoms with Crippen LogP contribution < -0.4 is 5.32 Å². The third kappa shape index (κ3) is 3.21. The highest BCUT2D eigenvalue weighted by Crippen LogP contribution is 2.41. The van der Waals surface area contributed by atoms with Gasteiger partial charge in [-0.05, 0) is 31.4 Å². The summed E-state index contributed by atoms with van der Waals surface area (Å²) < 4.78 is 21.4. The highest BCUT2D eigenvalue weighted by atomic mass is 19.1. The smallest absolute Gasteiger partial charge is 0.289 e. The van der Waals surface area contributed by atoms with Crippen molar-refractivity contribution in [2.24, 2.45) is 7.05 Å². The number of rotatable bonds is 5. The van der Waals surface area contributed by atoms with E-state index in [-0.39, 0.29) is 22.9 Å². The third-order valence-electron chi connectivity index (χ3n) is 5.84. The number of amides is 1. The van der Waals surface area contributed by atoms with Crippen molar-refractivity contribution < 1.29 is 13.7 Å². The Morgan fingerprint density at radius 1 is 1.32 bits per heavy atom. The predicted molar refractivity (Wildman–Crippen MR) is 102 cm³/mol. The molecule has 0 unspecified atom stereocenters. The lowest BCUT2D eigenvalue weighted by Gasteiger charge is -2.30. The molecule has 1 aliphatic carbocycles. The van der Waals surface area contributed by atoms with Crippen molar-refractivity contribution in [1.82, 2.24) is 20.3 Å². The highest BCUT2D eigenvalue weighted by molar-refractivity contribution is 5.92. The van der Waals surface area contributed by atoms with E-state index in [9.17, 15) is 9.18 Å². The number of aromatic nitrogens is 3. The largest absolute Gasteiger partial charge is 0.350 e. The normalized spacial score (nSPS) is 15.7. The second-order valence-electron chi connectivity index (χ2n) is 7.49. The van der Waals surface area contributed by atoms with Gasteiger partial charge in [0, 0.05) is 36.3 Å². The highest BCUT2D eigenvalue weighted by Gasteiger charge is 2.38. The first kappa shape index (κ1) is 18.4. The molecule has 0 saturated heterocycles. The fraction of sp³-hybridized carbons (Fsp3) is 0.381. The number of carbonyl (C=O) groups is 1. The number of nitrogens with zero attached hydrogens (tertiary/aromatic N) is 3. The fourth-order valence-electron chi connectivity index (χ4n) is 4.08. The van der Waals surface area contributed by atoms with Gasteiger partial charge in [-0.1, -0.05) is 36.2 Å². The van der Waals surface area contributed by atoms with Crippen molar-refractivity contribution in [2.75, 3.05) is 6.54 Å². The Balaban J connectivity index is 1.51. The second kappa shape index (κ2) is 7.22. The Morgan fingerprint density at radius 3 is 2.75 bits per heavy atom. The van der Waals surface area contributed by atoms with E-state index in [1.165, 1.54) is 6.07 Å². The minimum absolute atomic E-state index is 0.139. The zero-order chi connectivity index (χ0) is 19.7.